The van der Waals surface area contributed by atoms with Gasteiger partial charge in [-0.1, -0.05) is 127 Å². The summed E-state index contributed by atoms with van der Waals surface area (Å²) in [6.45, 7) is 0. The van der Waals surface area contributed by atoms with E-state index >= 15 is 0 Å². The van der Waals surface area contributed by atoms with Crippen molar-refractivity contribution in [2.45, 2.75) is 0 Å². The van der Waals surface area contributed by atoms with Gasteiger partial charge in [0.05, 0.1) is 22.1 Å². The van der Waals surface area contributed by atoms with Gasteiger partial charge in [0.15, 0.2) is 0 Å². The van der Waals surface area contributed by atoms with E-state index in [1.807, 2.05) is 6.07 Å². The number of para-hydroxylation sites is 5. The molecule has 2 aromatic heterocycles. The maximum absolute atomic E-state index is 5.13. The van der Waals surface area contributed by atoms with Crippen LogP contribution in [0.1, 0.15) is 0 Å². The molecule has 0 spiro atoms. The number of fused-ring (bicyclic) bond motifs is 4. The van der Waals surface area contributed by atoms with Gasteiger partial charge in [-0.3, -0.25) is 4.57 Å². The number of benzene rings is 9. The first-order chi connectivity index (χ1) is 29.3. The molecule has 4 nitrogen and oxygen atoms in total. The summed E-state index contributed by atoms with van der Waals surface area (Å²) in [5, 5.41) is 2.40. The van der Waals surface area contributed by atoms with Crippen LogP contribution in [0, 0.1) is 0 Å². The van der Waals surface area contributed by atoms with Crippen LogP contribution in [0.5, 0.6) is 0 Å². The van der Waals surface area contributed by atoms with Gasteiger partial charge in [0.2, 0.25) is 0 Å². The number of rotatable bonds is 8. The zero-order chi connectivity index (χ0) is 39.1. The summed E-state index contributed by atoms with van der Waals surface area (Å²) in [4.78, 5) is 7.48. The minimum absolute atomic E-state index is 0.913. The van der Waals surface area contributed by atoms with Crippen LogP contribution in [0.2, 0.25) is 0 Å². The maximum Gasteiger partial charge on any atom is 0.145 e. The third-order valence-electron chi connectivity index (χ3n) is 11.3. The Bertz CT molecular complexity index is 3220. The van der Waals surface area contributed by atoms with E-state index in [0.717, 1.165) is 56.4 Å². The highest BCUT2D eigenvalue weighted by Crippen LogP contribution is 2.41. The molecule has 0 aliphatic rings. The molecule has 59 heavy (non-hydrogen) atoms. The SMILES string of the molecule is c1ccc(-c2ccc(-c3ccc4c(c3)c3cc(N(c5ccccc5)c5ccc(-c6nc7ccccc7n6-c6ccccc6)cc5)ccc3n4-c3ccccc3)cc2)cc1. The Labute approximate surface area is 343 Å². The molecule has 0 bridgehead atoms. The van der Waals surface area contributed by atoms with Crippen LogP contribution in [-0.2, 0) is 0 Å². The minimum Gasteiger partial charge on any atom is -0.310 e. The van der Waals surface area contributed by atoms with Crippen LogP contribution < -0.4 is 4.90 Å². The Morgan fingerprint density at radius 1 is 0.305 bits per heavy atom. The van der Waals surface area contributed by atoms with E-state index in [4.69, 9.17) is 4.98 Å². The second kappa shape index (κ2) is 14.5. The lowest BCUT2D eigenvalue weighted by molar-refractivity contribution is 1.10. The highest BCUT2D eigenvalue weighted by atomic mass is 15.1. The Morgan fingerprint density at radius 2 is 0.763 bits per heavy atom. The molecule has 0 fully saturated rings. The topological polar surface area (TPSA) is 26.0 Å². The highest BCUT2D eigenvalue weighted by Gasteiger charge is 2.20. The zero-order valence-corrected chi connectivity index (χ0v) is 32.2. The van der Waals surface area contributed by atoms with E-state index in [2.05, 4.69) is 238 Å². The molecule has 0 aliphatic carbocycles. The molecule has 11 aromatic rings. The minimum atomic E-state index is 0.913. The van der Waals surface area contributed by atoms with E-state index < -0.39 is 0 Å². The molecule has 9 aromatic carbocycles. The van der Waals surface area contributed by atoms with Gasteiger partial charge in [0.1, 0.15) is 5.82 Å². The lowest BCUT2D eigenvalue weighted by Gasteiger charge is -2.26. The predicted molar refractivity (Wildman–Crippen MR) is 246 cm³/mol. The number of aromatic nitrogens is 3. The van der Waals surface area contributed by atoms with Crippen molar-refractivity contribution in [2.75, 3.05) is 4.90 Å². The third-order valence-corrected chi connectivity index (χ3v) is 11.3. The van der Waals surface area contributed by atoms with Gasteiger partial charge < -0.3 is 9.47 Å². The average Bonchev–Trinajstić information content (AvgIpc) is 3.86. The first-order valence-electron chi connectivity index (χ1n) is 20.0. The quantitative estimate of drug-likeness (QED) is 0.154. The monoisotopic (exact) mass is 754 g/mol. The standard InChI is InChI=1S/C55H38N4/c1-5-15-39(16-6-1)40-25-27-41(28-26-40)43-31-35-52-49(37-43)50-38-48(34-36-53(50)58(52)45-19-9-3-10-20-45)57(44-17-7-2-8-18-44)47-32-29-42(30-33-47)55-56-51-23-13-14-24-54(51)59(55)46-21-11-4-12-22-46/h1-38H. The zero-order valence-electron chi connectivity index (χ0n) is 32.2. The Hall–Kier alpha value is -7.95. The van der Waals surface area contributed by atoms with Crippen LogP contribution in [-0.4, -0.2) is 14.1 Å². The number of hydrogen-bond donors (Lipinski definition) is 0. The summed E-state index contributed by atoms with van der Waals surface area (Å²) in [6, 6.07) is 82.2. The number of hydrogen-bond acceptors (Lipinski definition) is 2. The van der Waals surface area contributed by atoms with Crippen molar-refractivity contribution in [3.8, 4) is 45.0 Å². The summed E-state index contributed by atoms with van der Waals surface area (Å²) in [6.07, 6.45) is 0. The number of nitrogens with zero attached hydrogens (tertiary/aromatic N) is 4. The molecule has 0 amide bonds. The van der Waals surface area contributed by atoms with E-state index in [1.165, 1.54) is 38.5 Å². The van der Waals surface area contributed by atoms with Gasteiger partial charge in [0.25, 0.3) is 0 Å². The Balaban J connectivity index is 1.05. The molecule has 4 heteroatoms. The smallest absolute Gasteiger partial charge is 0.145 e. The largest absolute Gasteiger partial charge is 0.310 e. The molecular weight excluding hydrogens is 717 g/mol. The van der Waals surface area contributed by atoms with Crippen molar-refractivity contribution >= 4 is 49.9 Å². The Morgan fingerprint density at radius 3 is 1.44 bits per heavy atom. The van der Waals surface area contributed by atoms with Gasteiger partial charge >= 0.3 is 0 Å². The van der Waals surface area contributed by atoms with Gasteiger partial charge in [-0.15, -0.1) is 0 Å². The number of imidazole rings is 1. The van der Waals surface area contributed by atoms with Crippen LogP contribution in [0.3, 0.4) is 0 Å². The maximum atomic E-state index is 5.13. The van der Waals surface area contributed by atoms with Crippen LogP contribution >= 0.6 is 0 Å². The average molecular weight is 755 g/mol. The molecule has 278 valence electrons. The van der Waals surface area contributed by atoms with E-state index in [-0.39, 0.29) is 0 Å². The van der Waals surface area contributed by atoms with E-state index in [1.54, 1.807) is 0 Å². The molecule has 0 N–H and O–H groups in total. The number of anilines is 3. The van der Waals surface area contributed by atoms with Crippen LogP contribution in [0.4, 0.5) is 17.1 Å². The van der Waals surface area contributed by atoms with Crippen LogP contribution in [0.25, 0.3) is 77.9 Å². The molecule has 0 saturated carbocycles. The van der Waals surface area contributed by atoms with Gasteiger partial charge in [-0.05, 0) is 125 Å². The van der Waals surface area contributed by atoms with Crippen LogP contribution in [0.15, 0.2) is 231 Å². The summed E-state index contributed by atoms with van der Waals surface area (Å²) in [5.74, 6) is 0.913. The highest BCUT2D eigenvalue weighted by molar-refractivity contribution is 6.12. The summed E-state index contributed by atoms with van der Waals surface area (Å²) in [5.41, 5.74) is 15.7. The molecule has 0 atom stereocenters. The molecule has 0 radical (unpaired) electrons. The predicted octanol–water partition coefficient (Wildman–Crippen LogP) is 14.6. The van der Waals surface area contributed by atoms with E-state index in [9.17, 15) is 0 Å². The summed E-state index contributed by atoms with van der Waals surface area (Å²) >= 11 is 0. The fourth-order valence-corrected chi connectivity index (χ4v) is 8.51. The molecule has 0 aliphatic heterocycles. The first-order valence-corrected chi connectivity index (χ1v) is 20.0. The van der Waals surface area contributed by atoms with Gasteiger partial charge in [-0.2, -0.15) is 0 Å². The second-order valence-electron chi connectivity index (χ2n) is 14.9. The van der Waals surface area contributed by atoms with Crippen molar-refractivity contribution in [3.05, 3.63) is 231 Å². The lowest BCUT2D eigenvalue weighted by atomic mass is 9.99. The fourth-order valence-electron chi connectivity index (χ4n) is 8.51. The third kappa shape index (κ3) is 6.15. The fraction of sp³-hybridized carbons (Fsp3) is 0. The van der Waals surface area contributed by atoms with Crippen molar-refractivity contribution in [1.82, 2.24) is 14.1 Å². The van der Waals surface area contributed by atoms with Crippen molar-refractivity contribution in [2.24, 2.45) is 0 Å². The normalized spacial score (nSPS) is 11.4. The van der Waals surface area contributed by atoms with Crippen molar-refractivity contribution in [1.29, 1.82) is 0 Å². The molecule has 0 saturated heterocycles. The summed E-state index contributed by atoms with van der Waals surface area (Å²) < 4.78 is 4.64. The first kappa shape index (κ1) is 34.3. The van der Waals surface area contributed by atoms with E-state index in [0.29, 0.717) is 0 Å². The van der Waals surface area contributed by atoms with Gasteiger partial charge in [-0.25, -0.2) is 4.98 Å². The van der Waals surface area contributed by atoms with Crippen molar-refractivity contribution < 1.29 is 0 Å². The molecular formula is C55H38N4. The van der Waals surface area contributed by atoms with Gasteiger partial charge in [0, 0.05) is 44.8 Å². The van der Waals surface area contributed by atoms with Crippen molar-refractivity contribution in [3.63, 3.8) is 0 Å². The summed E-state index contributed by atoms with van der Waals surface area (Å²) in [7, 11) is 0. The second-order valence-corrected chi connectivity index (χ2v) is 14.9. The molecule has 2 heterocycles. The lowest BCUT2D eigenvalue weighted by Crippen LogP contribution is -2.09. The Kier molecular flexibility index (Phi) is 8.45. The molecule has 11 rings (SSSR count). The molecule has 0 unspecified atom stereocenters.